The number of rotatable bonds is 2. The molecule has 0 radical (unpaired) electrons. The minimum atomic E-state index is -0.0268. The van der Waals surface area contributed by atoms with E-state index >= 15 is 0 Å². The highest BCUT2D eigenvalue weighted by molar-refractivity contribution is 7.13. The fourth-order valence-corrected chi connectivity index (χ4v) is 3.42. The lowest BCUT2D eigenvalue weighted by Crippen LogP contribution is -2.41. The van der Waals surface area contributed by atoms with Crippen molar-refractivity contribution in [1.82, 2.24) is 4.90 Å². The molecule has 1 aliphatic rings. The molecule has 0 spiro atoms. The number of nitrogens with two attached hydrogens (primary N) is 1. The summed E-state index contributed by atoms with van der Waals surface area (Å²) in [6.07, 6.45) is 1.42. The number of hydrogen-bond donors (Lipinski definition) is 2. The van der Waals surface area contributed by atoms with Crippen LogP contribution in [0.3, 0.4) is 0 Å². The Kier molecular flexibility index (Phi) is 4.31. The molecule has 3 N–H and O–H groups in total. The summed E-state index contributed by atoms with van der Waals surface area (Å²) < 4.78 is 0. The summed E-state index contributed by atoms with van der Waals surface area (Å²) in [5.74, 6) is 0.271. The first-order chi connectivity index (χ1) is 9.04. The van der Waals surface area contributed by atoms with Gasteiger partial charge in [-0.2, -0.15) is 0 Å². The van der Waals surface area contributed by atoms with E-state index in [1.54, 1.807) is 4.90 Å². The summed E-state index contributed by atoms with van der Waals surface area (Å²) in [6, 6.07) is 0. The second kappa shape index (κ2) is 5.79. The van der Waals surface area contributed by atoms with Gasteiger partial charge in [0.15, 0.2) is 0 Å². The van der Waals surface area contributed by atoms with Crippen molar-refractivity contribution in [2.24, 2.45) is 16.8 Å². The number of oxime groups is 1. The first-order valence-electron chi connectivity index (χ1n) is 6.05. The zero-order valence-electron chi connectivity index (χ0n) is 10.6. The predicted molar refractivity (Wildman–Crippen MR) is 76.1 cm³/mol. The summed E-state index contributed by atoms with van der Waals surface area (Å²) in [4.78, 5) is 14.7. The van der Waals surface area contributed by atoms with Crippen molar-refractivity contribution < 1.29 is 10.0 Å². The van der Waals surface area contributed by atoms with E-state index in [2.05, 4.69) is 5.16 Å². The number of likely N-dealkylation sites (tertiary alicyclic amines) is 1. The van der Waals surface area contributed by atoms with Crippen LogP contribution in [0.5, 0.6) is 0 Å². The van der Waals surface area contributed by atoms with Gasteiger partial charge in [-0.15, -0.1) is 11.3 Å². The van der Waals surface area contributed by atoms with Gasteiger partial charge in [-0.1, -0.05) is 16.8 Å². The first-order valence-corrected chi connectivity index (χ1v) is 7.30. The van der Waals surface area contributed by atoms with E-state index in [-0.39, 0.29) is 17.7 Å². The number of carbonyl (C=O) groups is 1. The van der Waals surface area contributed by atoms with Crippen molar-refractivity contribution in [3.8, 4) is 0 Å². The standard InChI is InChI=1S/C12H16ClN3O2S/c1-7-6-19-10(9(7)13)12(17)16-4-2-8(3-5-16)11(14)15-18/h6,8,18H,2-5H2,1H3,(H2,14,15). The van der Waals surface area contributed by atoms with Crippen molar-refractivity contribution in [3.63, 3.8) is 0 Å². The van der Waals surface area contributed by atoms with E-state index in [1.807, 2.05) is 12.3 Å². The van der Waals surface area contributed by atoms with Crippen LogP contribution in [-0.2, 0) is 0 Å². The highest BCUT2D eigenvalue weighted by Gasteiger charge is 2.27. The van der Waals surface area contributed by atoms with Crippen molar-refractivity contribution in [3.05, 3.63) is 20.8 Å². The maximum atomic E-state index is 12.3. The Labute approximate surface area is 120 Å². The molecule has 5 nitrogen and oxygen atoms in total. The normalized spacial score (nSPS) is 17.8. The number of nitrogens with zero attached hydrogens (tertiary/aromatic N) is 2. The Bertz CT molecular complexity index is 507. The molecule has 1 aliphatic heterocycles. The molecule has 1 fully saturated rings. The minimum Gasteiger partial charge on any atom is -0.409 e. The molecule has 1 amide bonds. The van der Waals surface area contributed by atoms with Crippen LogP contribution >= 0.6 is 22.9 Å². The summed E-state index contributed by atoms with van der Waals surface area (Å²) in [5, 5.41) is 14.1. The van der Waals surface area contributed by atoms with Gasteiger partial charge in [-0.25, -0.2) is 0 Å². The molecule has 1 aromatic heterocycles. The molecular weight excluding hydrogens is 286 g/mol. The summed E-state index contributed by atoms with van der Waals surface area (Å²) in [7, 11) is 0. The molecule has 0 atom stereocenters. The van der Waals surface area contributed by atoms with Crippen molar-refractivity contribution in [2.75, 3.05) is 13.1 Å². The molecule has 1 saturated heterocycles. The van der Waals surface area contributed by atoms with E-state index in [4.69, 9.17) is 22.5 Å². The van der Waals surface area contributed by atoms with Gasteiger partial charge in [0.25, 0.3) is 5.91 Å². The number of thiophene rings is 1. The van der Waals surface area contributed by atoms with E-state index < -0.39 is 0 Å². The summed E-state index contributed by atoms with van der Waals surface area (Å²) in [6.45, 7) is 3.10. The molecule has 0 saturated carbocycles. The van der Waals surface area contributed by atoms with Gasteiger partial charge < -0.3 is 15.8 Å². The molecule has 7 heteroatoms. The SMILES string of the molecule is Cc1csc(C(=O)N2CCC(C(N)=NO)CC2)c1Cl. The Morgan fingerprint density at radius 1 is 1.58 bits per heavy atom. The third kappa shape index (κ3) is 2.84. The Morgan fingerprint density at radius 2 is 2.21 bits per heavy atom. The largest absolute Gasteiger partial charge is 0.409 e. The minimum absolute atomic E-state index is 0.0268. The maximum absolute atomic E-state index is 12.3. The van der Waals surface area contributed by atoms with Crippen molar-refractivity contribution in [1.29, 1.82) is 0 Å². The number of halogens is 1. The van der Waals surface area contributed by atoms with E-state index in [0.717, 1.165) is 5.56 Å². The van der Waals surface area contributed by atoms with Gasteiger partial charge in [-0.3, -0.25) is 4.79 Å². The fraction of sp³-hybridized carbons (Fsp3) is 0.500. The van der Waals surface area contributed by atoms with Crippen LogP contribution in [0.4, 0.5) is 0 Å². The zero-order valence-corrected chi connectivity index (χ0v) is 12.2. The number of carbonyl (C=O) groups excluding carboxylic acids is 1. The molecule has 0 bridgehead atoms. The molecule has 2 rings (SSSR count). The number of amides is 1. The maximum Gasteiger partial charge on any atom is 0.265 e. The number of amidine groups is 1. The lowest BCUT2D eigenvalue weighted by Gasteiger charge is -2.31. The lowest BCUT2D eigenvalue weighted by atomic mass is 9.96. The average molecular weight is 302 g/mol. The van der Waals surface area contributed by atoms with Gasteiger partial charge >= 0.3 is 0 Å². The fourth-order valence-electron chi connectivity index (χ4n) is 2.18. The topological polar surface area (TPSA) is 78.9 Å². The Hall–Kier alpha value is -1.27. The van der Waals surface area contributed by atoms with Gasteiger partial charge in [0.2, 0.25) is 0 Å². The second-order valence-corrected chi connectivity index (χ2v) is 5.91. The van der Waals surface area contributed by atoms with Crippen molar-refractivity contribution in [2.45, 2.75) is 19.8 Å². The summed E-state index contributed by atoms with van der Waals surface area (Å²) in [5.41, 5.74) is 6.52. The van der Waals surface area contributed by atoms with Crippen LogP contribution in [0.25, 0.3) is 0 Å². The molecule has 0 aliphatic carbocycles. The van der Waals surface area contributed by atoms with Crippen molar-refractivity contribution >= 4 is 34.7 Å². The molecule has 0 aromatic carbocycles. The van der Waals surface area contributed by atoms with Crippen LogP contribution < -0.4 is 5.73 Å². The lowest BCUT2D eigenvalue weighted by molar-refractivity contribution is 0.0714. The molecule has 2 heterocycles. The second-order valence-electron chi connectivity index (χ2n) is 4.65. The quantitative estimate of drug-likeness (QED) is 0.381. The van der Waals surface area contributed by atoms with Crippen LogP contribution in [-0.4, -0.2) is 34.9 Å². The van der Waals surface area contributed by atoms with Crippen LogP contribution in [0.1, 0.15) is 28.1 Å². The highest BCUT2D eigenvalue weighted by atomic mass is 35.5. The highest BCUT2D eigenvalue weighted by Crippen LogP contribution is 2.29. The zero-order chi connectivity index (χ0) is 14.0. The molecular formula is C12H16ClN3O2S. The molecule has 1 aromatic rings. The Morgan fingerprint density at radius 3 is 2.68 bits per heavy atom. The average Bonchev–Trinajstić information content (AvgIpc) is 2.77. The molecule has 19 heavy (non-hydrogen) atoms. The van der Waals surface area contributed by atoms with Gasteiger partial charge in [0, 0.05) is 19.0 Å². The van der Waals surface area contributed by atoms with Crippen LogP contribution in [0.15, 0.2) is 10.5 Å². The van der Waals surface area contributed by atoms with E-state index in [0.29, 0.717) is 35.8 Å². The number of hydrogen-bond acceptors (Lipinski definition) is 4. The molecule has 104 valence electrons. The van der Waals surface area contributed by atoms with Crippen LogP contribution in [0.2, 0.25) is 5.02 Å². The monoisotopic (exact) mass is 301 g/mol. The third-order valence-electron chi connectivity index (χ3n) is 3.41. The van der Waals surface area contributed by atoms with Gasteiger partial charge in [0.05, 0.1) is 5.02 Å². The third-order valence-corrected chi connectivity index (χ3v) is 5.09. The van der Waals surface area contributed by atoms with Crippen LogP contribution in [0, 0.1) is 12.8 Å². The summed E-state index contributed by atoms with van der Waals surface area (Å²) >= 11 is 7.49. The van der Waals surface area contributed by atoms with Gasteiger partial charge in [0.1, 0.15) is 10.7 Å². The van der Waals surface area contributed by atoms with E-state index in [1.165, 1.54) is 11.3 Å². The number of piperidine rings is 1. The smallest absolute Gasteiger partial charge is 0.265 e. The first kappa shape index (κ1) is 14.1. The molecule has 0 unspecified atom stereocenters. The Balaban J connectivity index is 2.02. The predicted octanol–water partition coefficient (Wildman–Crippen LogP) is 2.31. The van der Waals surface area contributed by atoms with E-state index in [9.17, 15) is 4.79 Å². The van der Waals surface area contributed by atoms with Gasteiger partial charge in [-0.05, 0) is 30.7 Å². The number of aryl methyl sites for hydroxylation is 1.